The van der Waals surface area contributed by atoms with Gasteiger partial charge in [-0.15, -0.1) is 0 Å². The Kier molecular flexibility index (Phi) is 3.88. The SMILES string of the molecule is O=C(Nc1ccc(F)cc1)c1cc(C(F)(F)F)cnc1F. The second-order valence-electron chi connectivity index (χ2n) is 4.02. The first kappa shape index (κ1) is 14.9. The standard InChI is InChI=1S/C13H7F5N2O/c14-8-1-3-9(4-2-8)20-12(21)10-5-7(13(16,17)18)6-19-11(10)15/h1-6H,(H,20,21). The van der Waals surface area contributed by atoms with E-state index in [1.165, 1.54) is 12.1 Å². The van der Waals surface area contributed by atoms with Crippen LogP contribution in [0.25, 0.3) is 0 Å². The van der Waals surface area contributed by atoms with E-state index in [4.69, 9.17) is 0 Å². The number of hydrogen-bond donors (Lipinski definition) is 1. The molecule has 0 saturated carbocycles. The Bertz CT molecular complexity index is 667. The number of amides is 1. The van der Waals surface area contributed by atoms with Crippen LogP contribution >= 0.6 is 0 Å². The Hall–Kier alpha value is -2.51. The molecule has 8 heteroatoms. The van der Waals surface area contributed by atoms with Gasteiger partial charge in [0.2, 0.25) is 5.95 Å². The van der Waals surface area contributed by atoms with Crippen molar-refractivity contribution in [1.82, 2.24) is 4.98 Å². The van der Waals surface area contributed by atoms with Crippen LogP contribution in [0.4, 0.5) is 27.6 Å². The summed E-state index contributed by atoms with van der Waals surface area (Å²) in [6.07, 6.45) is -4.45. The lowest BCUT2D eigenvalue weighted by Crippen LogP contribution is -2.17. The molecule has 1 N–H and O–H groups in total. The summed E-state index contributed by atoms with van der Waals surface area (Å²) >= 11 is 0. The van der Waals surface area contributed by atoms with Crippen LogP contribution in [0.1, 0.15) is 15.9 Å². The number of alkyl halides is 3. The molecule has 0 spiro atoms. The third-order valence-corrected chi connectivity index (χ3v) is 2.51. The zero-order valence-electron chi connectivity index (χ0n) is 10.2. The number of nitrogens with zero attached hydrogens (tertiary/aromatic N) is 1. The number of benzene rings is 1. The van der Waals surface area contributed by atoms with E-state index in [-0.39, 0.29) is 5.69 Å². The number of pyridine rings is 1. The molecule has 2 aromatic rings. The van der Waals surface area contributed by atoms with Crippen molar-refractivity contribution in [2.75, 3.05) is 5.32 Å². The lowest BCUT2D eigenvalue weighted by atomic mass is 10.1. The van der Waals surface area contributed by atoms with Crippen LogP contribution in [0, 0.1) is 11.8 Å². The number of carbonyl (C=O) groups excluding carboxylic acids is 1. The van der Waals surface area contributed by atoms with E-state index in [9.17, 15) is 26.7 Å². The molecule has 3 nitrogen and oxygen atoms in total. The van der Waals surface area contributed by atoms with Crippen LogP contribution in [0.5, 0.6) is 0 Å². The second kappa shape index (κ2) is 5.47. The normalized spacial score (nSPS) is 11.3. The molecule has 0 aliphatic carbocycles. The Morgan fingerprint density at radius 2 is 1.71 bits per heavy atom. The van der Waals surface area contributed by atoms with Crippen LogP contribution in [-0.2, 0) is 6.18 Å². The molecule has 0 radical (unpaired) electrons. The van der Waals surface area contributed by atoms with Gasteiger partial charge in [-0.2, -0.15) is 17.6 Å². The number of rotatable bonds is 2. The van der Waals surface area contributed by atoms with Gasteiger partial charge in [-0.1, -0.05) is 0 Å². The van der Waals surface area contributed by atoms with Gasteiger partial charge in [-0.25, -0.2) is 9.37 Å². The first-order valence-corrected chi connectivity index (χ1v) is 5.57. The molecule has 0 aliphatic heterocycles. The largest absolute Gasteiger partial charge is 0.417 e. The first-order chi connectivity index (χ1) is 9.77. The summed E-state index contributed by atoms with van der Waals surface area (Å²) in [6, 6.07) is 4.81. The Labute approximate surface area is 115 Å². The molecule has 1 aromatic heterocycles. The minimum Gasteiger partial charge on any atom is -0.322 e. The molecule has 0 atom stereocenters. The van der Waals surface area contributed by atoms with Crippen molar-refractivity contribution in [1.29, 1.82) is 0 Å². The average Bonchev–Trinajstić information content (AvgIpc) is 2.40. The van der Waals surface area contributed by atoms with Crippen molar-refractivity contribution in [3.8, 4) is 0 Å². The highest BCUT2D eigenvalue weighted by molar-refractivity contribution is 6.04. The van der Waals surface area contributed by atoms with E-state index in [0.717, 1.165) is 12.1 Å². The van der Waals surface area contributed by atoms with Gasteiger partial charge in [0.25, 0.3) is 5.91 Å². The van der Waals surface area contributed by atoms with Gasteiger partial charge >= 0.3 is 6.18 Å². The minimum atomic E-state index is -4.74. The molecule has 21 heavy (non-hydrogen) atoms. The Morgan fingerprint density at radius 3 is 2.29 bits per heavy atom. The zero-order chi connectivity index (χ0) is 15.6. The fraction of sp³-hybridized carbons (Fsp3) is 0.0769. The van der Waals surface area contributed by atoms with Gasteiger partial charge in [0, 0.05) is 11.9 Å². The summed E-state index contributed by atoms with van der Waals surface area (Å²) in [6.45, 7) is 0. The van der Waals surface area contributed by atoms with Gasteiger partial charge in [0.15, 0.2) is 0 Å². The fourth-order valence-corrected chi connectivity index (χ4v) is 1.49. The van der Waals surface area contributed by atoms with Crippen LogP contribution in [0.2, 0.25) is 0 Å². The maximum absolute atomic E-state index is 13.4. The average molecular weight is 302 g/mol. The maximum Gasteiger partial charge on any atom is 0.417 e. The van der Waals surface area contributed by atoms with E-state index in [1.54, 1.807) is 0 Å². The van der Waals surface area contributed by atoms with Crippen molar-refractivity contribution in [2.45, 2.75) is 6.18 Å². The van der Waals surface area contributed by atoms with Crippen molar-refractivity contribution in [3.63, 3.8) is 0 Å². The lowest BCUT2D eigenvalue weighted by molar-refractivity contribution is -0.137. The quantitative estimate of drug-likeness (QED) is 0.680. The lowest BCUT2D eigenvalue weighted by Gasteiger charge is -2.09. The van der Waals surface area contributed by atoms with Crippen molar-refractivity contribution in [2.24, 2.45) is 0 Å². The number of anilines is 1. The third-order valence-electron chi connectivity index (χ3n) is 2.51. The van der Waals surface area contributed by atoms with Crippen LogP contribution in [0.15, 0.2) is 36.5 Å². The van der Waals surface area contributed by atoms with Crippen molar-refractivity contribution in [3.05, 3.63) is 59.4 Å². The highest BCUT2D eigenvalue weighted by Gasteiger charge is 2.32. The second-order valence-corrected chi connectivity index (χ2v) is 4.02. The molecule has 0 fully saturated rings. The third kappa shape index (κ3) is 3.53. The molecule has 0 bridgehead atoms. The number of carbonyl (C=O) groups is 1. The molecular formula is C13H7F5N2O. The molecule has 1 aromatic carbocycles. The predicted molar refractivity (Wildman–Crippen MR) is 63.6 cm³/mol. The smallest absolute Gasteiger partial charge is 0.322 e. The van der Waals surface area contributed by atoms with Gasteiger partial charge in [-0.05, 0) is 30.3 Å². The molecular weight excluding hydrogens is 295 g/mol. The summed E-state index contributed by atoms with van der Waals surface area (Å²) < 4.78 is 63.6. The Balaban J connectivity index is 2.28. The molecule has 1 heterocycles. The summed E-state index contributed by atoms with van der Waals surface area (Å²) in [5.41, 5.74) is -1.99. The van der Waals surface area contributed by atoms with Gasteiger partial charge < -0.3 is 5.32 Å². The summed E-state index contributed by atoms with van der Waals surface area (Å²) in [5.74, 6) is -3.00. The van der Waals surface area contributed by atoms with Gasteiger partial charge in [-0.3, -0.25) is 4.79 Å². The fourth-order valence-electron chi connectivity index (χ4n) is 1.49. The highest BCUT2D eigenvalue weighted by Crippen LogP contribution is 2.29. The maximum atomic E-state index is 13.4. The van der Waals surface area contributed by atoms with Crippen molar-refractivity contribution < 1.29 is 26.7 Å². The molecule has 2 rings (SSSR count). The topological polar surface area (TPSA) is 42.0 Å². The molecule has 110 valence electrons. The Morgan fingerprint density at radius 1 is 1.10 bits per heavy atom. The van der Waals surface area contributed by atoms with E-state index in [0.29, 0.717) is 12.3 Å². The molecule has 0 aliphatic rings. The predicted octanol–water partition coefficient (Wildman–Crippen LogP) is 3.63. The van der Waals surface area contributed by atoms with Crippen molar-refractivity contribution >= 4 is 11.6 Å². The minimum absolute atomic E-state index is 0.109. The number of hydrogen-bond acceptors (Lipinski definition) is 2. The van der Waals surface area contributed by atoms with Crippen LogP contribution < -0.4 is 5.32 Å². The molecule has 0 unspecified atom stereocenters. The van der Waals surface area contributed by atoms with E-state index >= 15 is 0 Å². The van der Waals surface area contributed by atoms with E-state index in [2.05, 4.69) is 10.3 Å². The summed E-state index contributed by atoms with van der Waals surface area (Å²) in [4.78, 5) is 14.7. The zero-order valence-corrected chi connectivity index (χ0v) is 10.2. The number of aromatic nitrogens is 1. The monoisotopic (exact) mass is 302 g/mol. The molecule has 0 saturated heterocycles. The van der Waals surface area contributed by atoms with Crippen LogP contribution in [-0.4, -0.2) is 10.9 Å². The van der Waals surface area contributed by atoms with E-state index < -0.39 is 35.0 Å². The highest BCUT2D eigenvalue weighted by atomic mass is 19.4. The number of halogens is 5. The summed E-state index contributed by atoms with van der Waals surface area (Å²) in [7, 11) is 0. The van der Waals surface area contributed by atoms with Gasteiger partial charge in [0.1, 0.15) is 5.82 Å². The van der Waals surface area contributed by atoms with E-state index in [1.807, 2.05) is 0 Å². The number of nitrogens with one attached hydrogen (secondary N) is 1. The van der Waals surface area contributed by atoms with Crippen LogP contribution in [0.3, 0.4) is 0 Å². The molecule has 1 amide bonds. The summed E-state index contributed by atoms with van der Waals surface area (Å²) in [5, 5.41) is 2.15. The first-order valence-electron chi connectivity index (χ1n) is 5.57. The van der Waals surface area contributed by atoms with Gasteiger partial charge in [0.05, 0.1) is 11.1 Å².